The maximum Gasteiger partial charge on any atom is 0.150 e. The molecule has 1 N–H and O–H groups in total. The van der Waals surface area contributed by atoms with Crippen molar-refractivity contribution in [3.8, 4) is 0 Å². The van der Waals surface area contributed by atoms with Gasteiger partial charge in [0.1, 0.15) is 11.6 Å². The van der Waals surface area contributed by atoms with Crippen molar-refractivity contribution in [1.82, 2.24) is 4.98 Å². The average Bonchev–Trinajstić information content (AvgIpc) is 2.36. The zero-order valence-electron chi connectivity index (χ0n) is 11.8. The summed E-state index contributed by atoms with van der Waals surface area (Å²) in [5.74, 6) is 1.39. The number of ether oxygens (including phenoxy) is 1. The molecule has 0 aliphatic rings. The Bertz CT molecular complexity index is 415. The van der Waals surface area contributed by atoms with E-state index in [9.17, 15) is 0 Å². The number of hydrogen-bond donors (Lipinski definition) is 1. The molecule has 0 saturated heterocycles. The summed E-state index contributed by atoms with van der Waals surface area (Å²) in [6, 6.07) is 1.92. The molecule has 0 radical (unpaired) electrons. The SMILES string of the molecule is CCNc1nc(N(CC)C(C)COC)c(Cl)cc1Cl. The summed E-state index contributed by atoms with van der Waals surface area (Å²) in [7, 11) is 1.69. The number of anilines is 2. The van der Waals surface area contributed by atoms with E-state index in [1.165, 1.54) is 0 Å². The second kappa shape index (κ2) is 7.78. The fourth-order valence-corrected chi connectivity index (χ4v) is 2.49. The van der Waals surface area contributed by atoms with Crippen molar-refractivity contribution in [1.29, 1.82) is 0 Å². The molecular weight excluding hydrogens is 285 g/mol. The molecular formula is C13H21Cl2N3O. The van der Waals surface area contributed by atoms with Crippen molar-refractivity contribution < 1.29 is 4.74 Å². The molecule has 1 aromatic heterocycles. The van der Waals surface area contributed by atoms with Gasteiger partial charge in [-0.2, -0.15) is 0 Å². The molecule has 0 spiro atoms. The summed E-state index contributed by atoms with van der Waals surface area (Å²) < 4.78 is 5.20. The molecule has 1 aromatic rings. The highest BCUT2D eigenvalue weighted by atomic mass is 35.5. The molecule has 6 heteroatoms. The largest absolute Gasteiger partial charge is 0.383 e. The summed E-state index contributed by atoms with van der Waals surface area (Å²) in [6.07, 6.45) is 0. The van der Waals surface area contributed by atoms with E-state index < -0.39 is 0 Å². The Morgan fingerprint density at radius 3 is 2.58 bits per heavy atom. The lowest BCUT2D eigenvalue weighted by molar-refractivity contribution is 0.181. The van der Waals surface area contributed by atoms with Gasteiger partial charge >= 0.3 is 0 Å². The molecule has 0 aliphatic heterocycles. The van der Waals surface area contributed by atoms with E-state index in [1.54, 1.807) is 13.2 Å². The normalized spacial score (nSPS) is 12.3. The van der Waals surface area contributed by atoms with Gasteiger partial charge in [0.05, 0.1) is 22.7 Å². The van der Waals surface area contributed by atoms with Crippen LogP contribution in [0.15, 0.2) is 6.07 Å². The maximum absolute atomic E-state index is 6.26. The Labute approximate surface area is 125 Å². The third-order valence-corrected chi connectivity index (χ3v) is 3.37. The topological polar surface area (TPSA) is 37.4 Å². The molecule has 0 amide bonds. The lowest BCUT2D eigenvalue weighted by atomic mass is 10.3. The highest BCUT2D eigenvalue weighted by Gasteiger charge is 2.19. The minimum absolute atomic E-state index is 0.190. The molecule has 0 fully saturated rings. The van der Waals surface area contributed by atoms with E-state index in [-0.39, 0.29) is 6.04 Å². The van der Waals surface area contributed by atoms with Gasteiger partial charge in [0, 0.05) is 20.2 Å². The predicted octanol–water partition coefficient (Wildman–Crippen LogP) is 3.68. The minimum Gasteiger partial charge on any atom is -0.383 e. The molecule has 1 atom stereocenters. The van der Waals surface area contributed by atoms with Crippen LogP contribution in [0.3, 0.4) is 0 Å². The van der Waals surface area contributed by atoms with Crippen molar-refractivity contribution in [2.75, 3.05) is 37.0 Å². The number of aromatic nitrogens is 1. The second-order valence-electron chi connectivity index (χ2n) is 4.24. The van der Waals surface area contributed by atoms with Gasteiger partial charge in [-0.3, -0.25) is 0 Å². The van der Waals surface area contributed by atoms with Crippen molar-refractivity contribution in [3.05, 3.63) is 16.1 Å². The van der Waals surface area contributed by atoms with E-state index in [2.05, 4.69) is 29.0 Å². The third-order valence-electron chi connectivity index (χ3n) is 2.81. The molecule has 0 saturated carbocycles. The van der Waals surface area contributed by atoms with E-state index in [1.807, 2.05) is 6.92 Å². The summed E-state index contributed by atoms with van der Waals surface area (Å²) in [5.41, 5.74) is 0. The minimum atomic E-state index is 0.190. The van der Waals surface area contributed by atoms with Gasteiger partial charge in [-0.25, -0.2) is 4.98 Å². The summed E-state index contributed by atoms with van der Waals surface area (Å²) in [6.45, 7) is 8.30. The van der Waals surface area contributed by atoms with Crippen LogP contribution in [0.4, 0.5) is 11.6 Å². The smallest absolute Gasteiger partial charge is 0.150 e. The van der Waals surface area contributed by atoms with Gasteiger partial charge in [-0.05, 0) is 26.8 Å². The number of pyridine rings is 1. The van der Waals surface area contributed by atoms with Crippen molar-refractivity contribution in [2.24, 2.45) is 0 Å². The van der Waals surface area contributed by atoms with Crippen LogP contribution in [0.1, 0.15) is 20.8 Å². The van der Waals surface area contributed by atoms with Crippen LogP contribution in [0.5, 0.6) is 0 Å². The van der Waals surface area contributed by atoms with E-state index in [4.69, 9.17) is 27.9 Å². The van der Waals surface area contributed by atoms with Gasteiger partial charge in [0.2, 0.25) is 0 Å². The van der Waals surface area contributed by atoms with E-state index >= 15 is 0 Å². The number of rotatable bonds is 7. The van der Waals surface area contributed by atoms with Crippen molar-refractivity contribution in [2.45, 2.75) is 26.8 Å². The number of nitrogens with zero attached hydrogens (tertiary/aromatic N) is 2. The van der Waals surface area contributed by atoms with Gasteiger partial charge < -0.3 is 15.0 Å². The maximum atomic E-state index is 6.26. The first-order valence-corrected chi connectivity index (χ1v) is 7.16. The fourth-order valence-electron chi connectivity index (χ4n) is 1.95. The molecule has 0 aromatic carbocycles. The van der Waals surface area contributed by atoms with Crippen molar-refractivity contribution in [3.63, 3.8) is 0 Å². The summed E-state index contributed by atoms with van der Waals surface area (Å²) in [5, 5.41) is 4.22. The Balaban J connectivity index is 3.11. The monoisotopic (exact) mass is 305 g/mol. The molecule has 1 unspecified atom stereocenters. The average molecular weight is 306 g/mol. The second-order valence-corrected chi connectivity index (χ2v) is 5.06. The quantitative estimate of drug-likeness (QED) is 0.834. The lowest BCUT2D eigenvalue weighted by Gasteiger charge is -2.29. The number of halogens is 2. The molecule has 0 bridgehead atoms. The zero-order chi connectivity index (χ0) is 14.4. The summed E-state index contributed by atoms with van der Waals surface area (Å²) >= 11 is 12.4. The standard InChI is InChI=1S/C13H21Cl2N3O/c1-5-16-12-10(14)7-11(15)13(17-12)18(6-2)9(3)8-19-4/h7,9H,5-6,8H2,1-4H3,(H,16,17). The Kier molecular flexibility index (Phi) is 6.69. The van der Waals surface area contributed by atoms with Crippen LogP contribution in [0.2, 0.25) is 10.0 Å². The number of likely N-dealkylation sites (N-methyl/N-ethyl adjacent to an activating group) is 1. The van der Waals surface area contributed by atoms with Crippen LogP contribution in [0.25, 0.3) is 0 Å². The van der Waals surface area contributed by atoms with Crippen molar-refractivity contribution >= 4 is 34.8 Å². The van der Waals surface area contributed by atoms with Crippen LogP contribution in [0, 0.1) is 0 Å². The zero-order valence-corrected chi connectivity index (χ0v) is 13.3. The van der Waals surface area contributed by atoms with Gasteiger partial charge in [-0.1, -0.05) is 23.2 Å². The number of hydrogen-bond acceptors (Lipinski definition) is 4. The van der Waals surface area contributed by atoms with Crippen LogP contribution < -0.4 is 10.2 Å². The van der Waals surface area contributed by atoms with E-state index in [0.717, 1.165) is 18.9 Å². The van der Waals surface area contributed by atoms with E-state index in [0.29, 0.717) is 22.5 Å². The Hall–Kier alpha value is -0.710. The van der Waals surface area contributed by atoms with Gasteiger partial charge in [0.25, 0.3) is 0 Å². The molecule has 1 rings (SSSR count). The first kappa shape index (κ1) is 16.3. The lowest BCUT2D eigenvalue weighted by Crippen LogP contribution is -2.37. The molecule has 4 nitrogen and oxygen atoms in total. The predicted molar refractivity (Wildman–Crippen MR) is 82.8 cm³/mol. The van der Waals surface area contributed by atoms with Crippen LogP contribution >= 0.6 is 23.2 Å². The molecule has 1 heterocycles. The summed E-state index contributed by atoms with van der Waals surface area (Å²) in [4.78, 5) is 6.63. The number of methoxy groups -OCH3 is 1. The first-order chi connectivity index (χ1) is 9.04. The molecule has 19 heavy (non-hydrogen) atoms. The number of nitrogens with one attached hydrogen (secondary N) is 1. The molecule has 0 aliphatic carbocycles. The Morgan fingerprint density at radius 1 is 1.37 bits per heavy atom. The third kappa shape index (κ3) is 4.13. The fraction of sp³-hybridized carbons (Fsp3) is 0.615. The van der Waals surface area contributed by atoms with Gasteiger partial charge in [-0.15, -0.1) is 0 Å². The van der Waals surface area contributed by atoms with Crippen LogP contribution in [-0.4, -0.2) is 37.8 Å². The van der Waals surface area contributed by atoms with Gasteiger partial charge in [0.15, 0.2) is 0 Å². The first-order valence-electron chi connectivity index (χ1n) is 6.40. The van der Waals surface area contributed by atoms with Crippen LogP contribution in [-0.2, 0) is 4.74 Å². The Morgan fingerprint density at radius 2 is 2.05 bits per heavy atom. The highest BCUT2D eigenvalue weighted by Crippen LogP contribution is 2.32. The highest BCUT2D eigenvalue weighted by molar-refractivity contribution is 6.37. The molecule has 108 valence electrons.